The molecule has 6 heteroatoms. The molecule has 2 aliphatic rings. The zero-order chi connectivity index (χ0) is 19.8. The second-order valence-corrected chi connectivity index (χ2v) is 8.05. The highest BCUT2D eigenvalue weighted by Gasteiger charge is 2.23. The van der Waals surface area contributed by atoms with E-state index in [0.29, 0.717) is 25.0 Å². The molecule has 0 bridgehead atoms. The Kier molecular flexibility index (Phi) is 7.57. The van der Waals surface area contributed by atoms with E-state index in [1.807, 2.05) is 0 Å². The van der Waals surface area contributed by atoms with Crippen molar-refractivity contribution in [1.82, 2.24) is 10.2 Å². The number of primary amides is 1. The zero-order valence-corrected chi connectivity index (χ0v) is 17.0. The first-order valence-electron chi connectivity index (χ1n) is 10.6. The molecule has 1 aromatic carbocycles. The third kappa shape index (κ3) is 6.14. The number of nitrogens with zero attached hydrogens (tertiary/aromatic N) is 2. The molecule has 2 fully saturated rings. The van der Waals surface area contributed by atoms with Crippen LogP contribution in [0.25, 0.3) is 0 Å². The Morgan fingerprint density at radius 1 is 1.18 bits per heavy atom. The Bertz CT molecular complexity index is 653. The summed E-state index contributed by atoms with van der Waals surface area (Å²) in [6, 6.07) is 8.37. The van der Waals surface area contributed by atoms with E-state index in [9.17, 15) is 4.79 Å². The predicted molar refractivity (Wildman–Crippen MR) is 112 cm³/mol. The van der Waals surface area contributed by atoms with Crippen molar-refractivity contribution in [3.05, 3.63) is 29.8 Å². The summed E-state index contributed by atoms with van der Waals surface area (Å²) in [4.78, 5) is 17.9. The molecule has 1 saturated carbocycles. The summed E-state index contributed by atoms with van der Waals surface area (Å²) < 4.78 is 6.11. The number of carbonyl (C=O) groups excluding carboxylic acids is 1. The van der Waals surface area contributed by atoms with Gasteiger partial charge in [-0.1, -0.05) is 18.6 Å². The lowest BCUT2D eigenvalue weighted by Crippen LogP contribution is -2.46. The smallest absolute Gasteiger partial charge is 0.217 e. The number of guanidine groups is 1. The average molecular weight is 387 g/mol. The van der Waals surface area contributed by atoms with E-state index in [0.717, 1.165) is 37.6 Å². The van der Waals surface area contributed by atoms with Gasteiger partial charge in [0.05, 0.1) is 6.10 Å². The summed E-state index contributed by atoms with van der Waals surface area (Å²) in [7, 11) is 1.81. The summed E-state index contributed by atoms with van der Waals surface area (Å²) in [6.07, 6.45) is 9.19. The van der Waals surface area contributed by atoms with Crippen LogP contribution in [0.15, 0.2) is 29.3 Å². The highest BCUT2D eigenvalue weighted by molar-refractivity contribution is 5.80. The number of hydrogen-bond donors (Lipinski definition) is 2. The fourth-order valence-corrected chi connectivity index (χ4v) is 4.28. The Balaban J connectivity index is 1.48. The number of amides is 1. The normalized spacial score (nSPS) is 21.4. The molecule has 3 N–H and O–H groups in total. The number of nitrogens with one attached hydrogen (secondary N) is 1. The quantitative estimate of drug-likeness (QED) is 0.582. The number of hydrogen-bond acceptors (Lipinski definition) is 3. The van der Waals surface area contributed by atoms with Crippen molar-refractivity contribution < 1.29 is 9.53 Å². The minimum atomic E-state index is -0.217. The van der Waals surface area contributed by atoms with Crippen molar-refractivity contribution in [1.29, 1.82) is 0 Å². The zero-order valence-electron chi connectivity index (χ0n) is 17.0. The largest absolute Gasteiger partial charge is 0.490 e. The van der Waals surface area contributed by atoms with Crippen LogP contribution in [0.5, 0.6) is 5.75 Å². The first kappa shape index (κ1) is 20.5. The van der Waals surface area contributed by atoms with Gasteiger partial charge in [0.25, 0.3) is 0 Å². The number of aliphatic imine (C=N–C) groups is 1. The van der Waals surface area contributed by atoms with Gasteiger partial charge in [-0.15, -0.1) is 0 Å². The van der Waals surface area contributed by atoms with Crippen LogP contribution in [0.2, 0.25) is 0 Å². The van der Waals surface area contributed by atoms with Crippen LogP contribution in [0.4, 0.5) is 0 Å². The fraction of sp³-hybridized carbons (Fsp3) is 0.636. The van der Waals surface area contributed by atoms with E-state index in [2.05, 4.69) is 39.5 Å². The van der Waals surface area contributed by atoms with Crippen molar-refractivity contribution >= 4 is 11.9 Å². The van der Waals surface area contributed by atoms with Crippen LogP contribution in [0.3, 0.4) is 0 Å². The molecule has 154 valence electrons. The first-order valence-corrected chi connectivity index (χ1v) is 10.6. The predicted octanol–water partition coefficient (Wildman–Crippen LogP) is 3.06. The molecular weight excluding hydrogens is 352 g/mol. The molecule has 1 saturated heterocycles. The van der Waals surface area contributed by atoms with Gasteiger partial charge in [-0.25, -0.2) is 0 Å². The number of benzene rings is 1. The number of likely N-dealkylation sites (tertiary alicyclic amines) is 1. The summed E-state index contributed by atoms with van der Waals surface area (Å²) in [5.74, 6) is 1.95. The first-order chi connectivity index (χ1) is 13.6. The van der Waals surface area contributed by atoms with Gasteiger partial charge < -0.3 is 20.7 Å². The molecule has 0 spiro atoms. The van der Waals surface area contributed by atoms with Gasteiger partial charge in [0.2, 0.25) is 5.91 Å². The van der Waals surface area contributed by atoms with E-state index in [1.165, 1.54) is 37.7 Å². The number of carbonyl (C=O) groups is 1. The van der Waals surface area contributed by atoms with Crippen molar-refractivity contribution in [2.75, 3.05) is 20.1 Å². The highest BCUT2D eigenvalue weighted by atomic mass is 16.5. The molecule has 1 unspecified atom stereocenters. The lowest BCUT2D eigenvalue weighted by Gasteiger charge is -2.34. The number of piperidine rings is 1. The van der Waals surface area contributed by atoms with Crippen molar-refractivity contribution in [3.8, 4) is 5.75 Å². The van der Waals surface area contributed by atoms with Crippen LogP contribution in [0.1, 0.15) is 56.9 Å². The summed E-state index contributed by atoms with van der Waals surface area (Å²) >= 11 is 0. The van der Waals surface area contributed by atoms with E-state index in [-0.39, 0.29) is 5.91 Å². The molecular formula is C22H34N4O2. The van der Waals surface area contributed by atoms with Crippen LogP contribution in [0, 0.1) is 5.92 Å². The van der Waals surface area contributed by atoms with Gasteiger partial charge >= 0.3 is 0 Å². The molecule has 1 aliphatic carbocycles. The maximum Gasteiger partial charge on any atom is 0.217 e. The van der Waals surface area contributed by atoms with E-state index in [1.54, 1.807) is 7.05 Å². The molecule has 0 radical (unpaired) electrons. The van der Waals surface area contributed by atoms with Crippen molar-refractivity contribution in [3.63, 3.8) is 0 Å². The Labute approximate surface area is 168 Å². The van der Waals surface area contributed by atoms with Crippen LogP contribution in [-0.2, 0) is 11.3 Å². The molecule has 6 nitrogen and oxygen atoms in total. The number of nitrogens with two attached hydrogens (primary N) is 1. The minimum absolute atomic E-state index is 0.217. The fourth-order valence-electron chi connectivity index (χ4n) is 4.28. The Morgan fingerprint density at radius 2 is 1.93 bits per heavy atom. The highest BCUT2D eigenvalue weighted by Crippen LogP contribution is 2.24. The third-order valence-electron chi connectivity index (χ3n) is 5.75. The summed E-state index contributed by atoms with van der Waals surface area (Å²) in [6.45, 7) is 2.51. The van der Waals surface area contributed by atoms with Gasteiger partial charge in [-0.05, 0) is 62.1 Å². The molecule has 1 amide bonds. The Morgan fingerprint density at radius 3 is 2.61 bits per heavy atom. The second-order valence-electron chi connectivity index (χ2n) is 8.05. The molecule has 1 atom stereocenters. The summed E-state index contributed by atoms with van der Waals surface area (Å²) in [5, 5.41) is 3.45. The molecule has 0 aromatic heterocycles. The topological polar surface area (TPSA) is 80.0 Å². The second kappa shape index (κ2) is 10.3. The maximum absolute atomic E-state index is 11.2. The SMILES string of the molecule is CN=C(NCc1ccc(OC2CCCCC2)cc1)N1CCCC(CC(N)=O)C1. The maximum atomic E-state index is 11.2. The van der Waals surface area contributed by atoms with Gasteiger partial charge in [-0.2, -0.15) is 0 Å². The van der Waals surface area contributed by atoms with Gasteiger partial charge in [-0.3, -0.25) is 9.79 Å². The molecule has 3 rings (SSSR count). The standard InChI is InChI=1S/C22H34N4O2/c1-24-22(26-13-5-6-18(16-26)14-21(23)27)25-15-17-9-11-20(12-10-17)28-19-7-3-2-4-8-19/h9-12,18-19H,2-8,13-16H2,1H3,(H2,23,27)(H,24,25). The molecule has 1 aliphatic heterocycles. The van der Waals surface area contributed by atoms with E-state index < -0.39 is 0 Å². The number of rotatable bonds is 6. The molecule has 28 heavy (non-hydrogen) atoms. The molecule has 1 heterocycles. The van der Waals surface area contributed by atoms with Gasteiger partial charge in [0.1, 0.15) is 5.75 Å². The van der Waals surface area contributed by atoms with Gasteiger partial charge in [0.15, 0.2) is 5.96 Å². The lowest BCUT2D eigenvalue weighted by atomic mass is 9.95. The van der Waals surface area contributed by atoms with E-state index in [4.69, 9.17) is 10.5 Å². The monoisotopic (exact) mass is 386 g/mol. The van der Waals surface area contributed by atoms with E-state index >= 15 is 0 Å². The lowest BCUT2D eigenvalue weighted by molar-refractivity contribution is -0.119. The Hall–Kier alpha value is -2.24. The number of ether oxygens (including phenoxy) is 1. The minimum Gasteiger partial charge on any atom is -0.490 e. The molecule has 1 aromatic rings. The van der Waals surface area contributed by atoms with Gasteiger partial charge in [0, 0.05) is 33.1 Å². The van der Waals surface area contributed by atoms with Crippen LogP contribution >= 0.6 is 0 Å². The summed E-state index contributed by atoms with van der Waals surface area (Å²) in [5.41, 5.74) is 6.57. The van der Waals surface area contributed by atoms with Crippen molar-refractivity contribution in [2.45, 2.75) is 64.0 Å². The van der Waals surface area contributed by atoms with Crippen LogP contribution in [-0.4, -0.2) is 43.0 Å². The van der Waals surface area contributed by atoms with Crippen molar-refractivity contribution in [2.24, 2.45) is 16.6 Å². The average Bonchev–Trinajstić information content (AvgIpc) is 2.70. The third-order valence-corrected chi connectivity index (χ3v) is 5.75. The van der Waals surface area contributed by atoms with Crippen LogP contribution < -0.4 is 15.8 Å².